The largest absolute Gasteiger partial charge is 0.441 e. The summed E-state index contributed by atoms with van der Waals surface area (Å²) in [5.74, 6) is 0.541. The van der Waals surface area contributed by atoms with Crippen LogP contribution in [-0.2, 0) is 5.11 Å². The summed E-state index contributed by atoms with van der Waals surface area (Å²) in [6, 6.07) is 4.58. The molecule has 11 heavy (non-hydrogen) atoms. The molecule has 0 aliphatic rings. The van der Waals surface area contributed by atoms with Gasteiger partial charge in [0.05, 0.1) is 0 Å². The highest BCUT2D eigenvalue weighted by atomic mass is 16.3. The predicted octanol–water partition coefficient (Wildman–Crippen LogP) is 2.28. The lowest BCUT2D eigenvalue weighted by atomic mass is 10.3. The molecule has 0 unspecified atom stereocenters. The minimum absolute atomic E-state index is 0.0475. The van der Waals surface area contributed by atoms with Gasteiger partial charge in [-0.25, -0.2) is 4.98 Å². The molecule has 0 aliphatic carbocycles. The lowest BCUT2D eigenvalue weighted by Gasteiger charge is -1.83. The van der Waals surface area contributed by atoms with Gasteiger partial charge < -0.3 is 4.42 Å². The van der Waals surface area contributed by atoms with Crippen LogP contribution in [0.4, 0.5) is 0 Å². The van der Waals surface area contributed by atoms with Crippen molar-refractivity contribution in [3.05, 3.63) is 24.1 Å². The normalized spacial score (nSPS) is 10.6. The van der Waals surface area contributed by atoms with Gasteiger partial charge in [-0.3, -0.25) is 5.11 Å². The summed E-state index contributed by atoms with van der Waals surface area (Å²) < 4.78 is 5.14. The Morgan fingerprint density at radius 2 is 2.27 bits per heavy atom. The Hall–Kier alpha value is -1.51. The number of benzene rings is 1. The number of hydrogen-bond donors (Lipinski definition) is 0. The van der Waals surface area contributed by atoms with Crippen molar-refractivity contribution >= 4 is 11.1 Å². The van der Waals surface area contributed by atoms with Crippen molar-refractivity contribution in [1.29, 1.82) is 0 Å². The molecule has 1 heterocycles. The lowest BCUT2D eigenvalue weighted by molar-refractivity contribution is 0.355. The third kappa shape index (κ3) is 0.941. The van der Waals surface area contributed by atoms with Gasteiger partial charge in [0.15, 0.2) is 17.2 Å². The second kappa shape index (κ2) is 1.99. The van der Waals surface area contributed by atoms with E-state index in [4.69, 9.17) is 4.42 Å². The molecule has 2 rings (SSSR count). The Labute approximate surface area is 63.3 Å². The Morgan fingerprint density at radius 1 is 1.45 bits per heavy atom. The van der Waals surface area contributed by atoms with Gasteiger partial charge in [-0.05, 0) is 12.1 Å². The average Bonchev–Trinajstić information content (AvgIpc) is 2.27. The number of aryl methyl sites for hydroxylation is 1. The number of aromatic nitrogens is 1. The third-order valence-corrected chi connectivity index (χ3v) is 1.47. The summed E-state index contributed by atoms with van der Waals surface area (Å²) in [6.07, 6.45) is 0. The number of rotatable bonds is 0. The van der Waals surface area contributed by atoms with E-state index in [0.29, 0.717) is 11.5 Å². The first kappa shape index (κ1) is 6.22. The number of nitrogens with zero attached hydrogens (tertiary/aromatic N) is 1. The monoisotopic (exact) mass is 148 g/mol. The molecule has 0 amide bonds. The molecule has 0 saturated carbocycles. The first-order chi connectivity index (χ1) is 5.25. The fraction of sp³-hybridized carbons (Fsp3) is 0.125. The van der Waals surface area contributed by atoms with E-state index in [-0.39, 0.29) is 5.75 Å². The smallest absolute Gasteiger partial charge is 0.192 e. The second-order valence-electron chi connectivity index (χ2n) is 2.36. The van der Waals surface area contributed by atoms with E-state index in [2.05, 4.69) is 4.98 Å². The third-order valence-electron chi connectivity index (χ3n) is 1.47. The van der Waals surface area contributed by atoms with Crippen LogP contribution >= 0.6 is 0 Å². The van der Waals surface area contributed by atoms with Gasteiger partial charge >= 0.3 is 0 Å². The molecule has 0 N–H and O–H groups in total. The highest BCUT2D eigenvalue weighted by Crippen LogP contribution is 2.20. The number of fused-ring (bicyclic) bond motifs is 1. The van der Waals surface area contributed by atoms with E-state index in [1.807, 2.05) is 0 Å². The van der Waals surface area contributed by atoms with E-state index >= 15 is 0 Å². The minimum atomic E-state index is -0.0475. The van der Waals surface area contributed by atoms with E-state index in [0.717, 1.165) is 5.52 Å². The van der Waals surface area contributed by atoms with Crippen molar-refractivity contribution in [3.63, 3.8) is 0 Å². The van der Waals surface area contributed by atoms with Crippen molar-refractivity contribution < 1.29 is 9.52 Å². The molecule has 3 heteroatoms. The molecule has 1 radical (unpaired) electrons. The molecule has 1 aromatic heterocycles. The second-order valence-corrected chi connectivity index (χ2v) is 2.36. The maximum Gasteiger partial charge on any atom is 0.192 e. The van der Waals surface area contributed by atoms with Gasteiger partial charge in [0.2, 0.25) is 0 Å². The van der Waals surface area contributed by atoms with Crippen molar-refractivity contribution in [3.8, 4) is 5.75 Å². The molecule has 0 fully saturated rings. The molecule has 0 bridgehead atoms. The number of hydrogen-bond acceptors (Lipinski definition) is 2. The van der Waals surface area contributed by atoms with Gasteiger partial charge in [0, 0.05) is 13.0 Å². The van der Waals surface area contributed by atoms with Crippen molar-refractivity contribution in [2.24, 2.45) is 0 Å². The van der Waals surface area contributed by atoms with Crippen LogP contribution in [0, 0.1) is 6.92 Å². The van der Waals surface area contributed by atoms with Crippen LogP contribution in [0.3, 0.4) is 0 Å². The molecule has 1 aromatic carbocycles. The molecular formula is C8H6NO2. The van der Waals surface area contributed by atoms with E-state index in [1.165, 1.54) is 12.1 Å². The fourth-order valence-electron chi connectivity index (χ4n) is 1.02. The zero-order chi connectivity index (χ0) is 7.84. The molecule has 0 spiro atoms. The molecule has 55 valence electrons. The maximum absolute atomic E-state index is 10.8. The number of oxazole rings is 1. The summed E-state index contributed by atoms with van der Waals surface area (Å²) in [5.41, 5.74) is 1.30. The lowest BCUT2D eigenvalue weighted by Crippen LogP contribution is -1.66. The minimum Gasteiger partial charge on any atom is -0.441 e. The summed E-state index contributed by atoms with van der Waals surface area (Å²) >= 11 is 0. The quantitative estimate of drug-likeness (QED) is 0.575. The van der Waals surface area contributed by atoms with Gasteiger partial charge in [-0.2, -0.15) is 0 Å². The van der Waals surface area contributed by atoms with Gasteiger partial charge in [0.1, 0.15) is 5.52 Å². The first-order valence-corrected chi connectivity index (χ1v) is 3.30. The Balaban J connectivity index is 2.82. The van der Waals surface area contributed by atoms with Crippen LogP contribution in [0.25, 0.3) is 11.1 Å². The SMILES string of the molecule is Cc1nc2ccc([O])cc2o1. The zero-order valence-electron chi connectivity index (χ0n) is 6.00. The summed E-state index contributed by atoms with van der Waals surface area (Å²) in [6.45, 7) is 1.75. The molecule has 0 aliphatic heterocycles. The van der Waals surface area contributed by atoms with Crippen molar-refractivity contribution in [1.82, 2.24) is 4.98 Å². The summed E-state index contributed by atoms with van der Waals surface area (Å²) in [4.78, 5) is 4.05. The highest BCUT2D eigenvalue weighted by molar-refractivity contribution is 5.74. The first-order valence-electron chi connectivity index (χ1n) is 3.30. The van der Waals surface area contributed by atoms with Crippen LogP contribution < -0.4 is 0 Å². The molecule has 0 atom stereocenters. The summed E-state index contributed by atoms with van der Waals surface area (Å²) in [7, 11) is 0. The van der Waals surface area contributed by atoms with Crippen LogP contribution in [0.15, 0.2) is 22.6 Å². The Kier molecular flexibility index (Phi) is 1.12. The highest BCUT2D eigenvalue weighted by Gasteiger charge is 2.01. The van der Waals surface area contributed by atoms with Crippen molar-refractivity contribution in [2.75, 3.05) is 0 Å². The van der Waals surface area contributed by atoms with Gasteiger partial charge in [0.25, 0.3) is 0 Å². The molecule has 3 nitrogen and oxygen atoms in total. The standard InChI is InChI=1S/C8H6NO2/c1-5-9-7-3-2-6(10)4-8(7)11-5/h2-4H,1H3. The van der Waals surface area contributed by atoms with Crippen LogP contribution in [-0.4, -0.2) is 4.98 Å². The Morgan fingerprint density at radius 3 is 3.09 bits per heavy atom. The van der Waals surface area contributed by atoms with E-state index in [9.17, 15) is 5.11 Å². The topological polar surface area (TPSA) is 45.9 Å². The average molecular weight is 148 g/mol. The van der Waals surface area contributed by atoms with Gasteiger partial charge in [-0.1, -0.05) is 0 Å². The molecular weight excluding hydrogens is 142 g/mol. The predicted molar refractivity (Wildman–Crippen MR) is 38.9 cm³/mol. The van der Waals surface area contributed by atoms with E-state index < -0.39 is 0 Å². The van der Waals surface area contributed by atoms with Crippen molar-refractivity contribution in [2.45, 2.75) is 6.92 Å². The molecule has 2 aromatic rings. The van der Waals surface area contributed by atoms with E-state index in [1.54, 1.807) is 13.0 Å². The zero-order valence-corrected chi connectivity index (χ0v) is 6.00. The maximum atomic E-state index is 10.8. The van der Waals surface area contributed by atoms with Crippen LogP contribution in [0.5, 0.6) is 5.75 Å². The fourth-order valence-corrected chi connectivity index (χ4v) is 1.02. The van der Waals surface area contributed by atoms with Crippen LogP contribution in [0.2, 0.25) is 0 Å². The van der Waals surface area contributed by atoms with Gasteiger partial charge in [-0.15, -0.1) is 0 Å². The summed E-state index contributed by atoms with van der Waals surface area (Å²) in [5, 5.41) is 10.8. The Bertz CT molecular complexity index is 392. The molecule has 0 saturated heterocycles. The van der Waals surface area contributed by atoms with Crippen LogP contribution in [0.1, 0.15) is 5.89 Å².